The third-order valence-electron chi connectivity index (χ3n) is 3.53. The van der Waals surface area contributed by atoms with E-state index in [1.807, 2.05) is 18.2 Å². The summed E-state index contributed by atoms with van der Waals surface area (Å²) in [7, 11) is -1.88. The highest BCUT2D eigenvalue weighted by atomic mass is 32.2. The average molecular weight is 307 g/mol. The number of rotatable bonds is 5. The van der Waals surface area contributed by atoms with Gasteiger partial charge in [-0.15, -0.1) is 0 Å². The van der Waals surface area contributed by atoms with E-state index in [0.717, 1.165) is 11.1 Å². The molecule has 0 N–H and O–H groups in total. The maximum absolute atomic E-state index is 12.9. The van der Waals surface area contributed by atoms with Crippen LogP contribution in [0.5, 0.6) is 0 Å². The van der Waals surface area contributed by atoms with E-state index in [1.165, 1.54) is 16.4 Å². The molecule has 21 heavy (non-hydrogen) atoms. The molecule has 0 aliphatic heterocycles. The lowest BCUT2D eigenvalue weighted by molar-refractivity contribution is 0.397. The van der Waals surface area contributed by atoms with E-state index >= 15 is 0 Å². The molecule has 0 heterocycles. The number of benzene rings is 2. The van der Waals surface area contributed by atoms with Gasteiger partial charge in [-0.05, 0) is 30.2 Å². The zero-order valence-electron chi connectivity index (χ0n) is 12.0. The highest BCUT2D eigenvalue weighted by Crippen LogP contribution is 2.23. The van der Waals surface area contributed by atoms with Crippen molar-refractivity contribution in [1.29, 1.82) is 0 Å². The molecule has 0 radical (unpaired) electrons. The van der Waals surface area contributed by atoms with Gasteiger partial charge in [0, 0.05) is 13.1 Å². The molecule has 0 saturated carbocycles. The Labute approximate surface area is 125 Å². The van der Waals surface area contributed by atoms with Crippen LogP contribution in [0.3, 0.4) is 0 Å². The van der Waals surface area contributed by atoms with Crippen LogP contribution in [0.25, 0.3) is 0 Å². The predicted octanol–water partition coefficient (Wildman–Crippen LogP) is 3.35. The van der Waals surface area contributed by atoms with Gasteiger partial charge < -0.3 is 0 Å². The molecule has 0 aliphatic rings. The third kappa shape index (κ3) is 3.89. The van der Waals surface area contributed by atoms with Crippen LogP contribution in [0.15, 0.2) is 54.6 Å². The molecule has 0 aromatic heterocycles. The lowest BCUT2D eigenvalue weighted by Crippen LogP contribution is -2.30. The maximum atomic E-state index is 12.9. The molecule has 3 nitrogen and oxygen atoms in total. The van der Waals surface area contributed by atoms with Gasteiger partial charge in [0.05, 0.1) is 5.75 Å². The SMILES string of the molecule is CC(c1ccc(F)cc1)N(C)S(=O)(=O)Cc1ccccc1. The van der Waals surface area contributed by atoms with E-state index in [1.54, 1.807) is 38.2 Å². The van der Waals surface area contributed by atoms with Crippen LogP contribution >= 0.6 is 0 Å². The summed E-state index contributed by atoms with van der Waals surface area (Å²) < 4.78 is 39.1. The Kier molecular flexibility index (Phi) is 4.75. The molecule has 1 unspecified atom stereocenters. The Morgan fingerprint density at radius 3 is 2.19 bits per heavy atom. The monoisotopic (exact) mass is 307 g/mol. The fourth-order valence-corrected chi connectivity index (χ4v) is 3.50. The van der Waals surface area contributed by atoms with Crippen molar-refractivity contribution >= 4 is 10.0 Å². The molecule has 5 heteroatoms. The van der Waals surface area contributed by atoms with Gasteiger partial charge in [-0.2, -0.15) is 4.31 Å². The number of hydrogen-bond acceptors (Lipinski definition) is 2. The summed E-state index contributed by atoms with van der Waals surface area (Å²) in [6.45, 7) is 1.79. The van der Waals surface area contributed by atoms with E-state index in [9.17, 15) is 12.8 Å². The van der Waals surface area contributed by atoms with Gasteiger partial charge in [0.25, 0.3) is 0 Å². The lowest BCUT2D eigenvalue weighted by Gasteiger charge is -2.24. The summed E-state index contributed by atoms with van der Waals surface area (Å²) in [6.07, 6.45) is 0. The zero-order valence-corrected chi connectivity index (χ0v) is 12.8. The molecule has 0 bridgehead atoms. The lowest BCUT2D eigenvalue weighted by atomic mass is 10.1. The van der Waals surface area contributed by atoms with Crippen LogP contribution in [0.4, 0.5) is 4.39 Å². The second kappa shape index (κ2) is 6.37. The van der Waals surface area contributed by atoms with Gasteiger partial charge in [0.15, 0.2) is 0 Å². The fraction of sp³-hybridized carbons (Fsp3) is 0.250. The Balaban J connectivity index is 2.17. The van der Waals surface area contributed by atoms with Gasteiger partial charge in [0.1, 0.15) is 5.82 Å². The molecule has 0 amide bonds. The minimum Gasteiger partial charge on any atom is -0.212 e. The molecule has 2 aromatic carbocycles. The Bertz CT molecular complexity index is 684. The van der Waals surface area contributed by atoms with E-state index in [4.69, 9.17) is 0 Å². The van der Waals surface area contributed by atoms with Gasteiger partial charge in [-0.1, -0.05) is 42.5 Å². The summed E-state index contributed by atoms with van der Waals surface area (Å²) >= 11 is 0. The quantitative estimate of drug-likeness (QED) is 0.849. The molecule has 112 valence electrons. The van der Waals surface area contributed by atoms with Gasteiger partial charge in [-0.3, -0.25) is 0 Å². The minimum atomic E-state index is -3.43. The van der Waals surface area contributed by atoms with Gasteiger partial charge >= 0.3 is 0 Å². The van der Waals surface area contributed by atoms with Crippen molar-refractivity contribution in [1.82, 2.24) is 4.31 Å². The Morgan fingerprint density at radius 1 is 1.05 bits per heavy atom. The summed E-state index contributed by atoms with van der Waals surface area (Å²) in [6, 6.07) is 14.6. The third-order valence-corrected chi connectivity index (χ3v) is 5.42. The first-order valence-corrected chi connectivity index (χ1v) is 8.26. The van der Waals surface area contributed by atoms with Crippen molar-refractivity contribution < 1.29 is 12.8 Å². The van der Waals surface area contributed by atoms with Crippen LogP contribution in [-0.2, 0) is 15.8 Å². The number of sulfonamides is 1. The molecule has 1 atom stereocenters. The molecular formula is C16H18FNO2S. The fourth-order valence-electron chi connectivity index (χ4n) is 2.08. The normalized spacial score (nSPS) is 13.3. The molecule has 2 rings (SSSR count). The first-order chi connectivity index (χ1) is 9.90. The van der Waals surface area contributed by atoms with Crippen molar-refractivity contribution in [2.24, 2.45) is 0 Å². The minimum absolute atomic E-state index is 0.0458. The van der Waals surface area contributed by atoms with Gasteiger partial charge in [-0.25, -0.2) is 12.8 Å². The van der Waals surface area contributed by atoms with Crippen molar-refractivity contribution in [3.05, 3.63) is 71.5 Å². The molecular weight excluding hydrogens is 289 g/mol. The van der Waals surface area contributed by atoms with Crippen molar-refractivity contribution in [3.8, 4) is 0 Å². The van der Waals surface area contributed by atoms with Crippen molar-refractivity contribution in [3.63, 3.8) is 0 Å². The van der Waals surface area contributed by atoms with Crippen LogP contribution in [0.2, 0.25) is 0 Å². The molecule has 0 fully saturated rings. The zero-order chi connectivity index (χ0) is 15.5. The average Bonchev–Trinajstić information content (AvgIpc) is 2.47. The standard InChI is InChI=1S/C16H18FNO2S/c1-13(15-8-10-16(17)11-9-15)18(2)21(19,20)12-14-6-4-3-5-7-14/h3-11,13H,12H2,1-2H3. The highest BCUT2D eigenvalue weighted by Gasteiger charge is 2.24. The predicted molar refractivity (Wildman–Crippen MR) is 81.6 cm³/mol. The van der Waals surface area contributed by atoms with E-state index < -0.39 is 10.0 Å². The Hall–Kier alpha value is -1.72. The number of nitrogens with zero attached hydrogens (tertiary/aromatic N) is 1. The van der Waals surface area contributed by atoms with E-state index in [-0.39, 0.29) is 17.6 Å². The summed E-state index contributed by atoms with van der Waals surface area (Å²) in [4.78, 5) is 0. The molecule has 2 aromatic rings. The van der Waals surface area contributed by atoms with Crippen molar-refractivity contribution in [2.45, 2.75) is 18.7 Å². The highest BCUT2D eigenvalue weighted by molar-refractivity contribution is 7.88. The summed E-state index contributed by atoms with van der Waals surface area (Å²) in [5.41, 5.74) is 1.51. The van der Waals surface area contributed by atoms with Crippen LogP contribution in [0, 0.1) is 5.82 Å². The van der Waals surface area contributed by atoms with Crippen LogP contribution in [0.1, 0.15) is 24.1 Å². The smallest absolute Gasteiger partial charge is 0.212 e. The topological polar surface area (TPSA) is 37.4 Å². The van der Waals surface area contributed by atoms with E-state index in [2.05, 4.69) is 0 Å². The summed E-state index contributed by atoms with van der Waals surface area (Å²) in [5, 5.41) is 0. The molecule has 0 spiro atoms. The second-order valence-electron chi connectivity index (χ2n) is 4.99. The van der Waals surface area contributed by atoms with Crippen LogP contribution in [-0.4, -0.2) is 19.8 Å². The van der Waals surface area contributed by atoms with E-state index in [0.29, 0.717) is 0 Å². The number of halogens is 1. The second-order valence-corrected chi connectivity index (χ2v) is 7.01. The molecule has 0 aliphatic carbocycles. The van der Waals surface area contributed by atoms with Gasteiger partial charge in [0.2, 0.25) is 10.0 Å². The van der Waals surface area contributed by atoms with Crippen molar-refractivity contribution in [2.75, 3.05) is 7.05 Å². The Morgan fingerprint density at radius 2 is 1.62 bits per heavy atom. The van der Waals surface area contributed by atoms with Crippen LogP contribution < -0.4 is 0 Å². The molecule has 0 saturated heterocycles. The summed E-state index contributed by atoms with van der Waals surface area (Å²) in [5.74, 6) is -0.378. The first kappa shape index (κ1) is 15.7. The maximum Gasteiger partial charge on any atom is 0.218 e. The first-order valence-electron chi connectivity index (χ1n) is 6.65. The largest absolute Gasteiger partial charge is 0.218 e. The number of hydrogen-bond donors (Lipinski definition) is 0.